The van der Waals surface area contributed by atoms with Crippen LogP contribution < -0.4 is 5.32 Å². The summed E-state index contributed by atoms with van der Waals surface area (Å²) in [5, 5.41) is 12.7. The van der Waals surface area contributed by atoms with Gasteiger partial charge in [-0.1, -0.05) is 6.92 Å². The van der Waals surface area contributed by atoms with Crippen LogP contribution in [0, 0.1) is 0 Å². The number of nitrogens with zero attached hydrogens (tertiary/aromatic N) is 2. The van der Waals surface area contributed by atoms with E-state index in [1.54, 1.807) is 18.5 Å². The van der Waals surface area contributed by atoms with Crippen molar-refractivity contribution in [3.05, 3.63) is 30.1 Å². The summed E-state index contributed by atoms with van der Waals surface area (Å²) in [6.07, 6.45) is 4.92. The third-order valence-electron chi connectivity index (χ3n) is 4.41. The van der Waals surface area contributed by atoms with Crippen molar-refractivity contribution in [3.8, 4) is 0 Å². The van der Waals surface area contributed by atoms with E-state index in [1.807, 2.05) is 17.9 Å². The lowest BCUT2D eigenvalue weighted by Gasteiger charge is -2.42. The van der Waals surface area contributed by atoms with Gasteiger partial charge in [-0.05, 0) is 31.5 Å². The third kappa shape index (κ3) is 3.19. The molecular formula is C16H20N4O3. The number of aromatic nitrogens is 2. The maximum Gasteiger partial charge on any atom is 0.317 e. The first kappa shape index (κ1) is 15.5. The summed E-state index contributed by atoms with van der Waals surface area (Å²) < 4.78 is 0. The van der Waals surface area contributed by atoms with Gasteiger partial charge in [0.05, 0.1) is 12.1 Å². The molecule has 1 aliphatic carbocycles. The Morgan fingerprint density at radius 2 is 2.26 bits per heavy atom. The molecule has 0 spiro atoms. The van der Waals surface area contributed by atoms with E-state index in [0.717, 1.165) is 18.2 Å². The fourth-order valence-electron chi connectivity index (χ4n) is 3.08. The van der Waals surface area contributed by atoms with Crippen LogP contribution >= 0.6 is 0 Å². The number of hydrogen-bond donors (Lipinski definition) is 3. The molecule has 0 unspecified atom stereocenters. The van der Waals surface area contributed by atoms with E-state index in [0.29, 0.717) is 17.8 Å². The first-order valence-corrected chi connectivity index (χ1v) is 7.77. The second-order valence-corrected chi connectivity index (χ2v) is 5.85. The monoisotopic (exact) mass is 316 g/mol. The molecule has 7 nitrogen and oxygen atoms in total. The number of aromatic amines is 1. The highest BCUT2D eigenvalue weighted by atomic mass is 16.4. The molecule has 0 atom stereocenters. The van der Waals surface area contributed by atoms with Crippen molar-refractivity contribution in [2.24, 2.45) is 0 Å². The summed E-state index contributed by atoms with van der Waals surface area (Å²) in [5.41, 5.74) is 1.29. The van der Waals surface area contributed by atoms with Gasteiger partial charge in [0.15, 0.2) is 0 Å². The molecule has 2 aromatic rings. The molecule has 1 aliphatic rings. The zero-order valence-electron chi connectivity index (χ0n) is 13.0. The molecular weight excluding hydrogens is 296 g/mol. The maximum atomic E-state index is 12.4. The molecule has 0 aliphatic heterocycles. The summed E-state index contributed by atoms with van der Waals surface area (Å²) >= 11 is 0. The SMILES string of the molecule is CCN(CC(=O)O)C1CC(NC(=O)c2c[nH]c3ncccc23)C1. The lowest BCUT2D eigenvalue weighted by atomic mass is 9.85. The molecule has 3 rings (SSSR count). The number of carboxylic acids is 1. The Morgan fingerprint density at radius 3 is 2.96 bits per heavy atom. The predicted molar refractivity (Wildman–Crippen MR) is 85.3 cm³/mol. The minimum atomic E-state index is -0.814. The summed E-state index contributed by atoms with van der Waals surface area (Å²) in [5.74, 6) is -0.931. The average Bonchev–Trinajstić information content (AvgIpc) is 2.92. The Hall–Kier alpha value is -2.41. The molecule has 23 heavy (non-hydrogen) atoms. The van der Waals surface area contributed by atoms with Crippen LogP contribution in [0.25, 0.3) is 11.0 Å². The largest absolute Gasteiger partial charge is 0.480 e. The van der Waals surface area contributed by atoms with E-state index < -0.39 is 5.97 Å². The minimum absolute atomic E-state index is 0.0515. The first-order valence-electron chi connectivity index (χ1n) is 7.77. The Kier molecular flexibility index (Phi) is 4.29. The number of rotatable bonds is 6. The molecule has 122 valence electrons. The van der Waals surface area contributed by atoms with Crippen molar-refractivity contribution in [2.45, 2.75) is 31.8 Å². The van der Waals surface area contributed by atoms with Gasteiger partial charge in [-0.15, -0.1) is 0 Å². The van der Waals surface area contributed by atoms with Crippen LogP contribution in [0.4, 0.5) is 0 Å². The van der Waals surface area contributed by atoms with Gasteiger partial charge in [0, 0.05) is 29.9 Å². The number of fused-ring (bicyclic) bond motifs is 1. The van der Waals surface area contributed by atoms with E-state index in [2.05, 4.69) is 15.3 Å². The molecule has 7 heteroatoms. The molecule has 1 saturated carbocycles. The van der Waals surface area contributed by atoms with Crippen molar-refractivity contribution in [2.75, 3.05) is 13.1 Å². The highest BCUT2D eigenvalue weighted by Crippen LogP contribution is 2.26. The summed E-state index contributed by atoms with van der Waals surface area (Å²) in [4.78, 5) is 32.3. The van der Waals surface area contributed by atoms with Crippen LogP contribution in [0.1, 0.15) is 30.1 Å². The van der Waals surface area contributed by atoms with Crippen LogP contribution in [0.3, 0.4) is 0 Å². The third-order valence-corrected chi connectivity index (χ3v) is 4.41. The molecule has 0 bridgehead atoms. The molecule has 1 fully saturated rings. The van der Waals surface area contributed by atoms with Gasteiger partial charge in [0.1, 0.15) is 5.65 Å². The Bertz CT molecular complexity index is 721. The molecule has 1 amide bonds. The number of pyridine rings is 1. The number of hydrogen-bond acceptors (Lipinski definition) is 4. The molecule has 0 radical (unpaired) electrons. The second-order valence-electron chi connectivity index (χ2n) is 5.85. The van der Waals surface area contributed by atoms with Crippen LogP contribution in [0.2, 0.25) is 0 Å². The average molecular weight is 316 g/mol. The highest BCUT2D eigenvalue weighted by Gasteiger charge is 2.35. The fourth-order valence-corrected chi connectivity index (χ4v) is 3.08. The minimum Gasteiger partial charge on any atom is -0.480 e. The normalized spacial score (nSPS) is 20.4. The number of amides is 1. The van der Waals surface area contributed by atoms with Crippen LogP contribution in [0.15, 0.2) is 24.5 Å². The Balaban J connectivity index is 1.57. The summed E-state index contributed by atoms with van der Waals surface area (Å²) in [7, 11) is 0. The maximum absolute atomic E-state index is 12.4. The molecule has 2 aromatic heterocycles. The molecule has 0 aromatic carbocycles. The summed E-state index contributed by atoms with van der Waals surface area (Å²) in [6, 6.07) is 3.99. The van der Waals surface area contributed by atoms with Crippen molar-refractivity contribution < 1.29 is 14.7 Å². The fraction of sp³-hybridized carbons (Fsp3) is 0.438. The predicted octanol–water partition coefficient (Wildman–Crippen LogP) is 1.23. The molecule has 2 heterocycles. The first-order chi connectivity index (χ1) is 11.1. The van der Waals surface area contributed by atoms with E-state index in [-0.39, 0.29) is 24.5 Å². The van der Waals surface area contributed by atoms with Crippen LogP contribution in [-0.4, -0.2) is 57.0 Å². The van der Waals surface area contributed by atoms with Crippen molar-refractivity contribution >= 4 is 22.9 Å². The van der Waals surface area contributed by atoms with E-state index in [9.17, 15) is 9.59 Å². The highest BCUT2D eigenvalue weighted by molar-refractivity contribution is 6.06. The number of carbonyl (C=O) groups is 2. The second kappa shape index (κ2) is 6.37. The van der Waals surface area contributed by atoms with E-state index in [1.165, 1.54) is 0 Å². The standard InChI is InChI=1S/C16H20N4O3/c1-2-20(9-14(21)22)11-6-10(7-11)19-16(23)13-8-18-15-12(13)4-3-5-17-15/h3-5,8,10-11H,2,6-7,9H2,1H3,(H,17,18)(H,19,23)(H,21,22). The zero-order chi connectivity index (χ0) is 16.4. The Labute approximate surface area is 133 Å². The van der Waals surface area contributed by atoms with Gasteiger partial charge in [0.2, 0.25) is 0 Å². The van der Waals surface area contributed by atoms with Crippen molar-refractivity contribution in [1.29, 1.82) is 0 Å². The van der Waals surface area contributed by atoms with Gasteiger partial charge < -0.3 is 15.4 Å². The molecule has 3 N–H and O–H groups in total. The van der Waals surface area contributed by atoms with E-state index in [4.69, 9.17) is 5.11 Å². The van der Waals surface area contributed by atoms with Gasteiger partial charge in [-0.2, -0.15) is 0 Å². The number of nitrogens with one attached hydrogen (secondary N) is 2. The van der Waals surface area contributed by atoms with Gasteiger partial charge in [0.25, 0.3) is 5.91 Å². The quantitative estimate of drug-likeness (QED) is 0.744. The number of aliphatic carboxylic acids is 1. The lowest BCUT2D eigenvalue weighted by Crippen LogP contribution is -2.54. The number of H-pyrrole nitrogens is 1. The van der Waals surface area contributed by atoms with Gasteiger partial charge in [-0.25, -0.2) is 4.98 Å². The van der Waals surface area contributed by atoms with E-state index >= 15 is 0 Å². The molecule has 0 saturated heterocycles. The van der Waals surface area contributed by atoms with Gasteiger partial charge in [-0.3, -0.25) is 14.5 Å². The van der Waals surface area contributed by atoms with Crippen molar-refractivity contribution in [1.82, 2.24) is 20.2 Å². The smallest absolute Gasteiger partial charge is 0.317 e. The van der Waals surface area contributed by atoms with Gasteiger partial charge >= 0.3 is 5.97 Å². The number of carboxylic acid groups (broad SMARTS) is 1. The number of carbonyl (C=O) groups excluding carboxylic acids is 1. The zero-order valence-corrected chi connectivity index (χ0v) is 13.0. The van der Waals surface area contributed by atoms with Crippen LogP contribution in [-0.2, 0) is 4.79 Å². The Morgan fingerprint density at radius 1 is 1.48 bits per heavy atom. The number of likely N-dealkylation sites (N-methyl/N-ethyl adjacent to an activating group) is 1. The summed E-state index contributed by atoms with van der Waals surface area (Å²) in [6.45, 7) is 2.70. The topological polar surface area (TPSA) is 98.3 Å². The lowest BCUT2D eigenvalue weighted by molar-refractivity contribution is -0.139. The van der Waals surface area contributed by atoms with Crippen LogP contribution in [0.5, 0.6) is 0 Å². The van der Waals surface area contributed by atoms with Crippen molar-refractivity contribution in [3.63, 3.8) is 0 Å².